The van der Waals surface area contributed by atoms with Gasteiger partial charge < -0.3 is 15.2 Å². The van der Waals surface area contributed by atoms with E-state index in [-0.39, 0.29) is 0 Å². The highest BCUT2D eigenvalue weighted by molar-refractivity contribution is 6.58. The molecule has 0 radical (unpaired) electrons. The van der Waals surface area contributed by atoms with E-state index in [1.807, 2.05) is 12.1 Å². The Balaban J connectivity index is 0.000000221. The number of nitrogens with zero attached hydrogens (tertiary/aromatic N) is 2. The minimum absolute atomic E-state index is 0.308. The molecular formula is C20H13BF2N2O3. The van der Waals surface area contributed by atoms with E-state index in [2.05, 4.69) is 0 Å². The second-order valence-electron chi connectivity index (χ2n) is 5.59. The van der Waals surface area contributed by atoms with E-state index < -0.39 is 24.5 Å². The molecule has 0 atom stereocenters. The van der Waals surface area contributed by atoms with Crippen LogP contribution in [0.4, 0.5) is 8.78 Å². The van der Waals surface area contributed by atoms with E-state index in [0.29, 0.717) is 27.7 Å². The Morgan fingerprint density at radius 2 is 1.14 bits per heavy atom. The van der Waals surface area contributed by atoms with E-state index in [9.17, 15) is 8.78 Å². The SMILES string of the molecule is N#Cc1ccc(-c2cc(F)c(O)c(F)c2)cc1.N#Cc1ccc(B(O)O)cc1. The Kier molecular flexibility index (Phi) is 6.83. The first kappa shape index (κ1) is 20.6. The highest BCUT2D eigenvalue weighted by Gasteiger charge is 2.10. The smallest absolute Gasteiger partial charge is 0.488 e. The maximum absolute atomic E-state index is 13.1. The lowest BCUT2D eigenvalue weighted by molar-refractivity contribution is 0.396. The standard InChI is InChI=1S/C13H7F2NO.C7H6BNO2/c14-11-5-10(6-12(15)13(11)17)9-3-1-8(7-16)2-4-9;9-5-6-1-3-7(4-2-6)8(10)11/h1-6,17H;1-4,10-11H. The van der Waals surface area contributed by atoms with Gasteiger partial charge in [0.1, 0.15) is 0 Å². The van der Waals surface area contributed by atoms with Crippen molar-refractivity contribution in [3.63, 3.8) is 0 Å². The monoisotopic (exact) mass is 378 g/mol. The van der Waals surface area contributed by atoms with Gasteiger partial charge >= 0.3 is 7.12 Å². The molecule has 3 aromatic carbocycles. The Hall–Kier alpha value is -3.72. The largest absolute Gasteiger partial charge is 0.503 e. The van der Waals surface area contributed by atoms with Crippen molar-refractivity contribution in [3.05, 3.63) is 83.4 Å². The van der Waals surface area contributed by atoms with Crippen LogP contribution < -0.4 is 5.46 Å². The van der Waals surface area contributed by atoms with Crippen molar-refractivity contribution in [2.24, 2.45) is 0 Å². The van der Waals surface area contributed by atoms with Crippen LogP contribution in [0, 0.1) is 34.3 Å². The molecular weight excluding hydrogens is 365 g/mol. The van der Waals surface area contributed by atoms with Crippen molar-refractivity contribution in [2.75, 3.05) is 0 Å². The summed E-state index contributed by atoms with van der Waals surface area (Å²) in [6.07, 6.45) is 0. The molecule has 28 heavy (non-hydrogen) atoms. The van der Waals surface area contributed by atoms with Crippen molar-refractivity contribution in [1.82, 2.24) is 0 Å². The highest BCUT2D eigenvalue weighted by Crippen LogP contribution is 2.28. The van der Waals surface area contributed by atoms with E-state index in [1.54, 1.807) is 24.3 Å². The number of benzene rings is 3. The van der Waals surface area contributed by atoms with Gasteiger partial charge in [-0.1, -0.05) is 24.3 Å². The number of rotatable bonds is 2. The van der Waals surface area contributed by atoms with Crippen LogP contribution in [0.25, 0.3) is 11.1 Å². The maximum atomic E-state index is 13.1. The molecule has 0 saturated carbocycles. The van der Waals surface area contributed by atoms with Crippen molar-refractivity contribution in [3.8, 4) is 29.0 Å². The lowest BCUT2D eigenvalue weighted by Gasteiger charge is -2.04. The molecule has 8 heteroatoms. The van der Waals surface area contributed by atoms with Crippen LogP contribution in [0.5, 0.6) is 5.75 Å². The molecule has 0 aliphatic carbocycles. The number of phenols is 1. The fourth-order valence-corrected chi connectivity index (χ4v) is 2.20. The second kappa shape index (κ2) is 9.29. The minimum atomic E-state index is -1.46. The molecule has 0 aromatic heterocycles. The molecule has 3 aromatic rings. The molecule has 0 heterocycles. The van der Waals surface area contributed by atoms with Gasteiger partial charge in [0, 0.05) is 0 Å². The third-order valence-electron chi connectivity index (χ3n) is 3.70. The average molecular weight is 378 g/mol. The molecule has 0 fully saturated rings. The predicted octanol–water partition coefficient (Wildman–Crippen LogP) is 2.45. The van der Waals surface area contributed by atoms with Crippen LogP contribution in [0.15, 0.2) is 60.7 Å². The summed E-state index contributed by atoms with van der Waals surface area (Å²) >= 11 is 0. The van der Waals surface area contributed by atoms with Crippen molar-refractivity contribution in [2.45, 2.75) is 0 Å². The van der Waals surface area contributed by atoms with Gasteiger partial charge in [-0.3, -0.25) is 0 Å². The zero-order valence-corrected chi connectivity index (χ0v) is 14.3. The molecule has 0 spiro atoms. The van der Waals surface area contributed by atoms with Crippen molar-refractivity contribution < 1.29 is 23.9 Å². The van der Waals surface area contributed by atoms with Crippen LogP contribution in [-0.4, -0.2) is 22.3 Å². The summed E-state index contributed by atoms with van der Waals surface area (Å²) < 4.78 is 26.3. The van der Waals surface area contributed by atoms with E-state index in [4.69, 9.17) is 25.7 Å². The first-order valence-electron chi connectivity index (χ1n) is 7.90. The molecule has 3 rings (SSSR count). The van der Waals surface area contributed by atoms with Crippen LogP contribution in [0.2, 0.25) is 0 Å². The normalized spacial score (nSPS) is 9.50. The lowest BCUT2D eigenvalue weighted by Crippen LogP contribution is -2.29. The molecule has 3 N–H and O–H groups in total. The van der Waals surface area contributed by atoms with Gasteiger partial charge in [0.25, 0.3) is 0 Å². The van der Waals surface area contributed by atoms with Crippen molar-refractivity contribution in [1.29, 1.82) is 10.5 Å². The summed E-state index contributed by atoms with van der Waals surface area (Å²) in [5.41, 5.74) is 2.25. The van der Waals surface area contributed by atoms with Crippen LogP contribution in [-0.2, 0) is 0 Å². The zero-order chi connectivity index (χ0) is 20.7. The third-order valence-corrected chi connectivity index (χ3v) is 3.70. The lowest BCUT2D eigenvalue weighted by atomic mass is 9.80. The first-order valence-corrected chi connectivity index (χ1v) is 7.90. The number of halogens is 2. The fraction of sp³-hybridized carbons (Fsp3) is 0. The quantitative estimate of drug-likeness (QED) is 0.594. The summed E-state index contributed by atoms with van der Waals surface area (Å²) in [4.78, 5) is 0. The molecule has 5 nitrogen and oxygen atoms in total. The Bertz CT molecular complexity index is 1020. The van der Waals surface area contributed by atoms with Gasteiger partial charge in [0.05, 0.1) is 23.3 Å². The summed E-state index contributed by atoms with van der Waals surface area (Å²) in [5, 5.41) is 43.3. The summed E-state index contributed by atoms with van der Waals surface area (Å²) in [6.45, 7) is 0. The maximum Gasteiger partial charge on any atom is 0.488 e. The van der Waals surface area contributed by atoms with Gasteiger partial charge in [0.2, 0.25) is 0 Å². The van der Waals surface area contributed by atoms with E-state index in [0.717, 1.165) is 12.1 Å². The van der Waals surface area contributed by atoms with Gasteiger partial charge in [-0.25, -0.2) is 8.78 Å². The molecule has 0 aliphatic rings. The second-order valence-corrected chi connectivity index (χ2v) is 5.59. The Morgan fingerprint density at radius 3 is 1.54 bits per heavy atom. The topological polar surface area (TPSA) is 108 Å². The number of phenolic OH excluding ortho intramolecular Hbond substituents is 1. The van der Waals surface area contributed by atoms with Crippen molar-refractivity contribution >= 4 is 12.6 Å². The highest BCUT2D eigenvalue weighted by atomic mass is 19.1. The van der Waals surface area contributed by atoms with Gasteiger partial charge in [0.15, 0.2) is 17.4 Å². The summed E-state index contributed by atoms with van der Waals surface area (Å²) in [6, 6.07) is 18.3. The molecule has 138 valence electrons. The summed E-state index contributed by atoms with van der Waals surface area (Å²) in [7, 11) is -1.46. The predicted molar refractivity (Wildman–Crippen MR) is 99.2 cm³/mol. The molecule has 0 aliphatic heterocycles. The van der Waals surface area contributed by atoms with Crippen LogP contribution in [0.1, 0.15) is 11.1 Å². The molecule has 0 saturated heterocycles. The number of aromatic hydroxyl groups is 1. The van der Waals surface area contributed by atoms with E-state index in [1.165, 1.54) is 24.3 Å². The fourth-order valence-electron chi connectivity index (χ4n) is 2.20. The number of hydrogen-bond acceptors (Lipinski definition) is 5. The van der Waals surface area contributed by atoms with Gasteiger partial charge in [-0.15, -0.1) is 0 Å². The summed E-state index contributed by atoms with van der Waals surface area (Å²) in [5.74, 6) is -3.00. The van der Waals surface area contributed by atoms with E-state index >= 15 is 0 Å². The average Bonchev–Trinajstić information content (AvgIpc) is 2.72. The van der Waals surface area contributed by atoms with Gasteiger partial charge in [-0.05, 0) is 53.0 Å². The van der Waals surface area contributed by atoms with Gasteiger partial charge in [-0.2, -0.15) is 10.5 Å². The Morgan fingerprint density at radius 1 is 0.714 bits per heavy atom. The molecule has 0 unspecified atom stereocenters. The molecule has 0 bridgehead atoms. The Labute approximate surface area is 160 Å². The third kappa shape index (κ3) is 5.15. The van der Waals surface area contributed by atoms with Crippen LogP contribution in [0.3, 0.4) is 0 Å². The zero-order valence-electron chi connectivity index (χ0n) is 14.3. The number of nitriles is 2. The minimum Gasteiger partial charge on any atom is -0.503 e. The molecule has 0 amide bonds. The van der Waals surface area contributed by atoms with Crippen LogP contribution >= 0.6 is 0 Å². The number of hydrogen-bond donors (Lipinski definition) is 3. The first-order chi connectivity index (χ1) is 13.3.